The molecule has 0 unspecified atom stereocenters. The zero-order chi connectivity index (χ0) is 20.8. The molecule has 2 heterocycles. The first-order valence-corrected chi connectivity index (χ1v) is 9.61. The summed E-state index contributed by atoms with van der Waals surface area (Å²) in [4.78, 5) is 39.3. The first-order chi connectivity index (χ1) is 13.3. The van der Waals surface area contributed by atoms with Gasteiger partial charge < -0.3 is 19.8 Å². The van der Waals surface area contributed by atoms with Crippen LogP contribution < -0.4 is 5.32 Å². The number of hydrogen-bond donors (Lipinski definition) is 2. The van der Waals surface area contributed by atoms with Crippen molar-refractivity contribution in [2.75, 3.05) is 13.2 Å². The van der Waals surface area contributed by atoms with Gasteiger partial charge >= 0.3 is 11.9 Å². The molecule has 2 N–H and O–H groups in total. The third kappa shape index (κ3) is 4.52. The van der Waals surface area contributed by atoms with Gasteiger partial charge in [0.25, 0.3) is 5.91 Å². The van der Waals surface area contributed by atoms with Gasteiger partial charge in [-0.25, -0.2) is 4.79 Å². The number of hydrogen-bond acceptors (Lipinski definition) is 5. The molecule has 0 saturated carbocycles. The molecule has 0 bridgehead atoms. The van der Waals surface area contributed by atoms with Gasteiger partial charge in [0.2, 0.25) is 0 Å². The first-order valence-electron chi connectivity index (χ1n) is 9.61. The third-order valence-corrected chi connectivity index (χ3v) is 4.79. The molecule has 0 atom stereocenters. The van der Waals surface area contributed by atoms with Crippen LogP contribution in [0.25, 0.3) is 6.08 Å². The Bertz CT molecular complexity index is 845. The Labute approximate surface area is 165 Å². The summed E-state index contributed by atoms with van der Waals surface area (Å²) in [6.45, 7) is 9.73. The van der Waals surface area contributed by atoms with E-state index in [4.69, 9.17) is 9.47 Å². The Kier molecular flexibility index (Phi) is 7.20. The summed E-state index contributed by atoms with van der Waals surface area (Å²) in [6, 6.07) is 0. The molecular formula is C21H28N2O5. The van der Waals surface area contributed by atoms with E-state index in [1.165, 1.54) is 0 Å². The van der Waals surface area contributed by atoms with Crippen molar-refractivity contribution in [2.45, 2.75) is 53.9 Å². The minimum Gasteiger partial charge on any atom is -0.466 e. The average Bonchev–Trinajstić information content (AvgIpc) is 3.10. The van der Waals surface area contributed by atoms with E-state index in [1.54, 1.807) is 20.8 Å². The Morgan fingerprint density at radius 1 is 1.07 bits per heavy atom. The van der Waals surface area contributed by atoms with Crippen LogP contribution in [-0.4, -0.2) is 36.0 Å². The molecule has 1 amide bonds. The van der Waals surface area contributed by atoms with E-state index >= 15 is 0 Å². The maximum Gasteiger partial charge on any atom is 0.355 e. The molecule has 152 valence electrons. The largest absolute Gasteiger partial charge is 0.466 e. The van der Waals surface area contributed by atoms with E-state index in [0.717, 1.165) is 28.8 Å². The van der Waals surface area contributed by atoms with Crippen LogP contribution in [0.15, 0.2) is 16.8 Å². The molecule has 0 aromatic carbocycles. The lowest BCUT2D eigenvalue weighted by atomic mass is 10.0. The molecule has 7 nitrogen and oxygen atoms in total. The van der Waals surface area contributed by atoms with E-state index in [9.17, 15) is 14.4 Å². The highest BCUT2D eigenvalue weighted by Crippen LogP contribution is 2.28. The zero-order valence-corrected chi connectivity index (χ0v) is 17.2. The smallest absolute Gasteiger partial charge is 0.355 e. The van der Waals surface area contributed by atoms with E-state index in [0.29, 0.717) is 30.0 Å². The summed E-state index contributed by atoms with van der Waals surface area (Å²) in [5.74, 6) is -0.889. The standard InChI is InChI=1S/C21H28N2O5/c1-6-14-13(5)20(25)23-17(14)11-16-12(4)15(9-10-18(24)27-7-2)19(22-16)21(26)28-8-3/h11,22H,6-10H2,1-5H3,(H,23,25). The number of H-pyrrole nitrogens is 1. The number of esters is 2. The van der Waals surface area contributed by atoms with Gasteiger partial charge in [0, 0.05) is 23.4 Å². The van der Waals surface area contributed by atoms with E-state index in [1.807, 2.05) is 19.9 Å². The minimum atomic E-state index is -0.466. The molecule has 0 spiro atoms. The number of amides is 1. The van der Waals surface area contributed by atoms with Crippen molar-refractivity contribution in [3.63, 3.8) is 0 Å². The zero-order valence-electron chi connectivity index (χ0n) is 17.2. The molecule has 1 aromatic rings. The predicted molar refractivity (Wildman–Crippen MR) is 106 cm³/mol. The molecule has 28 heavy (non-hydrogen) atoms. The van der Waals surface area contributed by atoms with E-state index in [-0.39, 0.29) is 24.9 Å². The van der Waals surface area contributed by atoms with Gasteiger partial charge in [0.05, 0.1) is 13.2 Å². The minimum absolute atomic E-state index is 0.111. The van der Waals surface area contributed by atoms with Crippen LogP contribution in [-0.2, 0) is 25.5 Å². The van der Waals surface area contributed by atoms with Gasteiger partial charge in [-0.15, -0.1) is 0 Å². The highest BCUT2D eigenvalue weighted by molar-refractivity contribution is 6.01. The number of carbonyl (C=O) groups is 3. The van der Waals surface area contributed by atoms with Crippen molar-refractivity contribution in [2.24, 2.45) is 0 Å². The van der Waals surface area contributed by atoms with E-state index < -0.39 is 5.97 Å². The maximum absolute atomic E-state index is 12.4. The van der Waals surface area contributed by atoms with Crippen LogP contribution in [0, 0.1) is 6.92 Å². The van der Waals surface area contributed by atoms with Gasteiger partial charge in [-0.1, -0.05) is 6.92 Å². The molecular weight excluding hydrogens is 360 g/mol. The number of aromatic amines is 1. The fourth-order valence-electron chi connectivity index (χ4n) is 3.30. The van der Waals surface area contributed by atoms with Gasteiger partial charge in [0.15, 0.2) is 0 Å². The third-order valence-electron chi connectivity index (χ3n) is 4.79. The van der Waals surface area contributed by atoms with Crippen molar-refractivity contribution >= 4 is 23.9 Å². The summed E-state index contributed by atoms with van der Waals surface area (Å²) >= 11 is 0. The Hall–Kier alpha value is -2.83. The van der Waals surface area contributed by atoms with Crippen molar-refractivity contribution < 1.29 is 23.9 Å². The van der Waals surface area contributed by atoms with Gasteiger partial charge in [0.1, 0.15) is 5.69 Å². The Balaban J connectivity index is 2.42. The fraction of sp³-hybridized carbons (Fsp3) is 0.476. The van der Waals surface area contributed by atoms with Crippen LogP contribution in [0.3, 0.4) is 0 Å². The summed E-state index contributed by atoms with van der Waals surface area (Å²) in [7, 11) is 0. The number of carbonyl (C=O) groups excluding carboxylic acids is 3. The quantitative estimate of drug-likeness (QED) is 0.667. The van der Waals surface area contributed by atoms with Gasteiger partial charge in [-0.2, -0.15) is 0 Å². The van der Waals surface area contributed by atoms with Crippen LogP contribution in [0.2, 0.25) is 0 Å². The van der Waals surface area contributed by atoms with Crippen molar-refractivity contribution in [1.82, 2.24) is 10.3 Å². The summed E-state index contributed by atoms with van der Waals surface area (Å²) in [5, 5.41) is 2.87. The number of nitrogens with one attached hydrogen (secondary N) is 2. The lowest BCUT2D eigenvalue weighted by Crippen LogP contribution is -2.15. The molecule has 0 radical (unpaired) electrons. The summed E-state index contributed by atoms with van der Waals surface area (Å²) in [6.07, 6.45) is 3.08. The second kappa shape index (κ2) is 9.39. The molecule has 1 aromatic heterocycles. The first kappa shape index (κ1) is 21.5. The number of rotatable bonds is 8. The average molecular weight is 388 g/mol. The molecule has 0 aliphatic carbocycles. The number of allylic oxidation sites excluding steroid dienone is 1. The number of aromatic nitrogens is 1. The molecule has 1 aliphatic rings. The summed E-state index contributed by atoms with van der Waals surface area (Å²) < 4.78 is 10.1. The highest BCUT2D eigenvalue weighted by Gasteiger charge is 2.25. The van der Waals surface area contributed by atoms with Crippen LogP contribution >= 0.6 is 0 Å². The molecule has 2 rings (SSSR count). The van der Waals surface area contributed by atoms with Gasteiger partial charge in [-0.3, -0.25) is 9.59 Å². The van der Waals surface area contributed by atoms with Crippen LogP contribution in [0.1, 0.15) is 67.8 Å². The predicted octanol–water partition coefficient (Wildman–Crippen LogP) is 3.19. The maximum atomic E-state index is 12.4. The van der Waals surface area contributed by atoms with Crippen molar-refractivity contribution in [3.05, 3.63) is 39.4 Å². The lowest BCUT2D eigenvalue weighted by molar-refractivity contribution is -0.143. The number of ether oxygens (including phenoxy) is 2. The second-order valence-electron chi connectivity index (χ2n) is 6.51. The molecule has 0 saturated heterocycles. The summed E-state index contributed by atoms with van der Waals surface area (Å²) in [5.41, 5.74) is 4.98. The van der Waals surface area contributed by atoms with Crippen molar-refractivity contribution in [1.29, 1.82) is 0 Å². The normalized spacial score (nSPS) is 15.2. The molecule has 1 aliphatic heterocycles. The monoisotopic (exact) mass is 388 g/mol. The van der Waals surface area contributed by atoms with Crippen LogP contribution in [0.5, 0.6) is 0 Å². The van der Waals surface area contributed by atoms with E-state index in [2.05, 4.69) is 10.3 Å². The fourth-order valence-corrected chi connectivity index (χ4v) is 3.30. The van der Waals surface area contributed by atoms with Gasteiger partial charge in [-0.05, 0) is 63.3 Å². The van der Waals surface area contributed by atoms with Crippen molar-refractivity contribution in [3.8, 4) is 0 Å². The molecule has 7 heteroatoms. The second-order valence-corrected chi connectivity index (χ2v) is 6.51. The highest BCUT2D eigenvalue weighted by atomic mass is 16.5. The lowest BCUT2D eigenvalue weighted by Gasteiger charge is -2.05. The van der Waals surface area contributed by atoms with Crippen LogP contribution in [0.4, 0.5) is 0 Å². The SMILES string of the molecule is CCOC(=O)CCc1c(C(=O)OCC)[nH]c(C=C2NC(=O)C(C)=C2CC)c1C. The molecule has 0 fully saturated rings. The Morgan fingerprint density at radius 3 is 2.36 bits per heavy atom. The topological polar surface area (TPSA) is 97.5 Å². The Morgan fingerprint density at radius 2 is 1.75 bits per heavy atom.